The van der Waals surface area contributed by atoms with Gasteiger partial charge in [0.15, 0.2) is 0 Å². The average Bonchev–Trinajstić information content (AvgIpc) is 2.41. The van der Waals surface area contributed by atoms with Gasteiger partial charge >= 0.3 is 0 Å². The third-order valence-corrected chi connectivity index (χ3v) is 2.86. The minimum atomic E-state index is -0.0682. The Hall–Kier alpha value is -1.94. The number of nitrogens with two attached hydrogens (primary N) is 1. The number of aryl methyl sites for hydroxylation is 2. The standard InChI is InChI=1S/C15H19N3O/c1-4-13-15(8-5-10(2)18-13)19-12-6-7-14(11(3)16)17-9-12/h5-9,11H,4,16H2,1-3H3/t11-/m0/s1. The van der Waals surface area contributed by atoms with E-state index in [0.29, 0.717) is 5.75 Å². The lowest BCUT2D eigenvalue weighted by molar-refractivity contribution is 0.469. The second kappa shape index (κ2) is 5.80. The van der Waals surface area contributed by atoms with E-state index >= 15 is 0 Å². The fourth-order valence-corrected chi connectivity index (χ4v) is 1.79. The molecule has 2 aromatic heterocycles. The lowest BCUT2D eigenvalue weighted by Gasteiger charge is -2.11. The van der Waals surface area contributed by atoms with E-state index in [4.69, 9.17) is 10.5 Å². The van der Waals surface area contributed by atoms with E-state index in [9.17, 15) is 0 Å². The van der Waals surface area contributed by atoms with Crippen molar-refractivity contribution in [1.29, 1.82) is 0 Å². The number of rotatable bonds is 4. The zero-order valence-corrected chi connectivity index (χ0v) is 11.6. The number of hydrogen-bond acceptors (Lipinski definition) is 4. The molecule has 0 amide bonds. The van der Waals surface area contributed by atoms with Gasteiger partial charge in [0.2, 0.25) is 0 Å². The molecule has 0 fully saturated rings. The Morgan fingerprint density at radius 3 is 2.63 bits per heavy atom. The Morgan fingerprint density at radius 2 is 2.05 bits per heavy atom. The average molecular weight is 257 g/mol. The van der Waals surface area contributed by atoms with Gasteiger partial charge in [-0.1, -0.05) is 6.92 Å². The highest BCUT2D eigenvalue weighted by atomic mass is 16.5. The summed E-state index contributed by atoms with van der Waals surface area (Å²) in [6, 6.07) is 7.58. The maximum Gasteiger partial charge on any atom is 0.148 e. The van der Waals surface area contributed by atoms with Crippen molar-refractivity contribution in [3.63, 3.8) is 0 Å². The van der Waals surface area contributed by atoms with Gasteiger partial charge < -0.3 is 10.5 Å². The summed E-state index contributed by atoms with van der Waals surface area (Å²) >= 11 is 0. The molecule has 2 aromatic rings. The maximum absolute atomic E-state index is 5.82. The number of ether oxygens (including phenoxy) is 1. The second-order valence-electron chi connectivity index (χ2n) is 4.56. The van der Waals surface area contributed by atoms with Gasteiger partial charge in [-0.2, -0.15) is 0 Å². The van der Waals surface area contributed by atoms with Crippen molar-refractivity contribution in [2.75, 3.05) is 0 Å². The molecule has 4 heteroatoms. The van der Waals surface area contributed by atoms with Crippen LogP contribution in [-0.2, 0) is 6.42 Å². The van der Waals surface area contributed by atoms with Crippen molar-refractivity contribution in [2.24, 2.45) is 5.73 Å². The van der Waals surface area contributed by atoms with Crippen LogP contribution in [0.1, 0.15) is 37.0 Å². The first-order valence-corrected chi connectivity index (χ1v) is 6.46. The third kappa shape index (κ3) is 3.29. The van der Waals surface area contributed by atoms with E-state index in [1.807, 2.05) is 38.1 Å². The molecule has 4 nitrogen and oxygen atoms in total. The van der Waals surface area contributed by atoms with E-state index in [1.165, 1.54) is 0 Å². The molecular formula is C15H19N3O. The second-order valence-corrected chi connectivity index (χ2v) is 4.56. The Bertz CT molecular complexity index is 550. The van der Waals surface area contributed by atoms with Crippen LogP contribution in [0.4, 0.5) is 0 Å². The molecule has 0 aliphatic carbocycles. The summed E-state index contributed by atoms with van der Waals surface area (Å²) in [5.41, 5.74) is 8.57. The van der Waals surface area contributed by atoms with Crippen LogP contribution < -0.4 is 10.5 Å². The van der Waals surface area contributed by atoms with Gasteiger partial charge in [-0.25, -0.2) is 0 Å². The zero-order valence-electron chi connectivity index (χ0n) is 11.6. The van der Waals surface area contributed by atoms with Crippen molar-refractivity contribution in [2.45, 2.75) is 33.2 Å². The monoisotopic (exact) mass is 257 g/mol. The van der Waals surface area contributed by atoms with Crippen LogP contribution >= 0.6 is 0 Å². The number of nitrogens with zero attached hydrogens (tertiary/aromatic N) is 2. The fraction of sp³-hybridized carbons (Fsp3) is 0.333. The van der Waals surface area contributed by atoms with Crippen LogP contribution in [0.5, 0.6) is 11.5 Å². The van der Waals surface area contributed by atoms with Crippen molar-refractivity contribution in [3.05, 3.63) is 47.5 Å². The van der Waals surface area contributed by atoms with E-state index in [0.717, 1.165) is 29.3 Å². The molecule has 0 radical (unpaired) electrons. The van der Waals surface area contributed by atoms with Crippen LogP contribution in [0.2, 0.25) is 0 Å². The lowest BCUT2D eigenvalue weighted by Crippen LogP contribution is -2.06. The Morgan fingerprint density at radius 1 is 1.26 bits per heavy atom. The molecule has 0 saturated heterocycles. The molecule has 0 saturated carbocycles. The summed E-state index contributed by atoms with van der Waals surface area (Å²) in [5, 5.41) is 0. The normalized spacial score (nSPS) is 12.2. The molecule has 100 valence electrons. The van der Waals surface area contributed by atoms with Crippen LogP contribution in [0, 0.1) is 6.92 Å². The highest BCUT2D eigenvalue weighted by molar-refractivity contribution is 5.34. The smallest absolute Gasteiger partial charge is 0.148 e. The van der Waals surface area contributed by atoms with Gasteiger partial charge in [0.25, 0.3) is 0 Å². The summed E-state index contributed by atoms with van der Waals surface area (Å²) in [6.45, 7) is 5.94. The molecule has 0 unspecified atom stereocenters. The van der Waals surface area contributed by atoms with Crippen molar-refractivity contribution in [1.82, 2.24) is 9.97 Å². The topological polar surface area (TPSA) is 61.0 Å². The van der Waals surface area contributed by atoms with Crippen LogP contribution in [0.3, 0.4) is 0 Å². The van der Waals surface area contributed by atoms with Gasteiger partial charge in [-0.15, -0.1) is 0 Å². The molecule has 0 aliphatic heterocycles. The lowest BCUT2D eigenvalue weighted by atomic mass is 10.2. The summed E-state index contributed by atoms with van der Waals surface area (Å²) in [4.78, 5) is 8.75. The minimum Gasteiger partial charge on any atom is -0.454 e. The molecule has 2 rings (SSSR count). The Labute approximate surface area is 113 Å². The van der Waals surface area contributed by atoms with Gasteiger partial charge in [0.1, 0.15) is 11.5 Å². The predicted octanol–water partition coefficient (Wildman–Crippen LogP) is 3.16. The summed E-state index contributed by atoms with van der Waals surface area (Å²) < 4.78 is 5.82. The molecular weight excluding hydrogens is 238 g/mol. The van der Waals surface area contributed by atoms with Crippen molar-refractivity contribution < 1.29 is 4.74 Å². The van der Waals surface area contributed by atoms with Gasteiger partial charge in [-0.3, -0.25) is 9.97 Å². The summed E-state index contributed by atoms with van der Waals surface area (Å²) in [7, 11) is 0. The Kier molecular flexibility index (Phi) is 4.12. The molecule has 0 aliphatic rings. The quantitative estimate of drug-likeness (QED) is 0.914. The van der Waals surface area contributed by atoms with Crippen molar-refractivity contribution in [3.8, 4) is 11.5 Å². The molecule has 2 heterocycles. The zero-order chi connectivity index (χ0) is 13.8. The molecule has 0 spiro atoms. The van der Waals surface area contributed by atoms with Crippen LogP contribution in [0.15, 0.2) is 30.5 Å². The molecule has 19 heavy (non-hydrogen) atoms. The van der Waals surface area contributed by atoms with E-state index in [-0.39, 0.29) is 6.04 Å². The molecule has 0 aromatic carbocycles. The van der Waals surface area contributed by atoms with Crippen molar-refractivity contribution >= 4 is 0 Å². The first-order chi connectivity index (χ1) is 9.10. The highest BCUT2D eigenvalue weighted by Gasteiger charge is 2.07. The van der Waals surface area contributed by atoms with Gasteiger partial charge in [0, 0.05) is 11.7 Å². The number of pyridine rings is 2. The largest absolute Gasteiger partial charge is 0.454 e. The number of hydrogen-bond donors (Lipinski definition) is 1. The SMILES string of the molecule is CCc1nc(C)ccc1Oc1ccc([C@H](C)N)nc1. The predicted molar refractivity (Wildman–Crippen MR) is 75.3 cm³/mol. The fourth-order valence-electron chi connectivity index (χ4n) is 1.79. The molecule has 2 N–H and O–H groups in total. The van der Waals surface area contributed by atoms with Crippen LogP contribution in [0.25, 0.3) is 0 Å². The van der Waals surface area contributed by atoms with Crippen LogP contribution in [-0.4, -0.2) is 9.97 Å². The molecule has 1 atom stereocenters. The molecule has 0 bridgehead atoms. The highest BCUT2D eigenvalue weighted by Crippen LogP contribution is 2.24. The van der Waals surface area contributed by atoms with Gasteiger partial charge in [0.05, 0.1) is 17.6 Å². The van der Waals surface area contributed by atoms with E-state index in [2.05, 4.69) is 16.9 Å². The first kappa shape index (κ1) is 13.5. The summed E-state index contributed by atoms with van der Waals surface area (Å²) in [6.07, 6.45) is 2.53. The van der Waals surface area contributed by atoms with Gasteiger partial charge in [-0.05, 0) is 44.5 Å². The van der Waals surface area contributed by atoms with E-state index < -0.39 is 0 Å². The van der Waals surface area contributed by atoms with E-state index in [1.54, 1.807) is 6.20 Å². The number of aromatic nitrogens is 2. The summed E-state index contributed by atoms with van der Waals surface area (Å²) in [5.74, 6) is 1.48. The first-order valence-electron chi connectivity index (χ1n) is 6.46. The minimum absolute atomic E-state index is 0.0682. The maximum atomic E-state index is 5.82. The Balaban J connectivity index is 2.21. The third-order valence-electron chi connectivity index (χ3n) is 2.86.